The van der Waals surface area contributed by atoms with E-state index in [0.29, 0.717) is 10.6 Å². The summed E-state index contributed by atoms with van der Waals surface area (Å²) in [5, 5.41) is 9.46. The molecule has 0 aliphatic carbocycles. The van der Waals surface area contributed by atoms with Crippen LogP contribution in [0, 0.1) is 13.8 Å². The van der Waals surface area contributed by atoms with Crippen LogP contribution in [-0.2, 0) is 14.8 Å². The van der Waals surface area contributed by atoms with Gasteiger partial charge >= 0.3 is 0 Å². The second-order valence-corrected chi connectivity index (χ2v) is 8.43. The van der Waals surface area contributed by atoms with Gasteiger partial charge in [-0.25, -0.2) is 13.1 Å². The van der Waals surface area contributed by atoms with Crippen molar-refractivity contribution in [2.24, 2.45) is 0 Å². The minimum absolute atomic E-state index is 0.00337. The van der Waals surface area contributed by atoms with Crippen LogP contribution in [0.25, 0.3) is 0 Å². The molecule has 0 unspecified atom stereocenters. The number of aryl methyl sites for hydroxylation is 2. The minimum atomic E-state index is -3.85. The van der Waals surface area contributed by atoms with Gasteiger partial charge in [-0.05, 0) is 37.1 Å². The van der Waals surface area contributed by atoms with E-state index in [1.165, 1.54) is 12.1 Å². The molecule has 5 nitrogen and oxygen atoms in total. The Hall–Kier alpha value is -1.15. The summed E-state index contributed by atoms with van der Waals surface area (Å²) in [6, 6.07) is 10.4. The first-order valence-electron chi connectivity index (χ1n) is 7.99. The molecule has 2 aromatic carbocycles. The lowest BCUT2D eigenvalue weighted by Gasteiger charge is -2.19. The molecule has 2 rings (SSSR count). The molecule has 0 amide bonds. The molecular weight excluding hydrogens is 397 g/mol. The molecule has 0 aliphatic rings. The van der Waals surface area contributed by atoms with Gasteiger partial charge in [0.05, 0.1) is 24.3 Å². The molecular formula is C18H21Cl2NO4S. The highest BCUT2D eigenvalue weighted by Gasteiger charge is 2.22. The van der Waals surface area contributed by atoms with Crippen molar-refractivity contribution in [1.82, 2.24) is 4.72 Å². The highest BCUT2D eigenvalue weighted by molar-refractivity contribution is 7.89. The van der Waals surface area contributed by atoms with E-state index in [9.17, 15) is 8.42 Å². The second kappa shape index (κ2) is 9.17. The number of hydrogen-bond donors (Lipinski definition) is 2. The third-order valence-corrected chi connectivity index (χ3v) is 6.12. The maximum absolute atomic E-state index is 12.6. The smallest absolute Gasteiger partial charge is 0.242 e. The Balaban J connectivity index is 2.21. The Morgan fingerprint density at radius 2 is 1.77 bits per heavy atom. The summed E-state index contributed by atoms with van der Waals surface area (Å²) in [5.41, 5.74) is 2.51. The predicted molar refractivity (Wildman–Crippen MR) is 103 cm³/mol. The molecule has 0 radical (unpaired) electrons. The molecule has 0 fully saturated rings. The van der Waals surface area contributed by atoms with Gasteiger partial charge in [-0.15, -0.1) is 0 Å². The first-order chi connectivity index (χ1) is 12.2. The van der Waals surface area contributed by atoms with Crippen LogP contribution >= 0.6 is 23.2 Å². The van der Waals surface area contributed by atoms with E-state index in [2.05, 4.69) is 4.72 Å². The van der Waals surface area contributed by atoms with E-state index in [4.69, 9.17) is 33.0 Å². The largest absolute Gasteiger partial charge is 0.394 e. The Bertz CT molecular complexity index is 854. The van der Waals surface area contributed by atoms with Crippen molar-refractivity contribution in [1.29, 1.82) is 0 Å². The summed E-state index contributed by atoms with van der Waals surface area (Å²) in [7, 11) is -3.85. The highest BCUT2D eigenvalue weighted by atomic mass is 35.5. The Morgan fingerprint density at radius 1 is 1.12 bits per heavy atom. The summed E-state index contributed by atoms with van der Waals surface area (Å²) >= 11 is 12.0. The van der Waals surface area contributed by atoms with Crippen LogP contribution in [0.4, 0.5) is 0 Å². The second-order valence-electron chi connectivity index (χ2n) is 5.88. The highest BCUT2D eigenvalue weighted by Crippen LogP contribution is 2.28. The average molecular weight is 418 g/mol. The fraction of sp³-hybridized carbons (Fsp3) is 0.333. The van der Waals surface area contributed by atoms with Gasteiger partial charge in [-0.1, -0.05) is 53.0 Å². The van der Waals surface area contributed by atoms with Gasteiger partial charge in [-0.2, -0.15) is 0 Å². The van der Waals surface area contributed by atoms with Crippen molar-refractivity contribution in [3.8, 4) is 0 Å². The standard InChI is InChI=1S/C18H21Cl2NO4S/c1-12-3-5-14(6-4-12)17(25-8-7-22)11-21-26(23,24)18-9-13(2)15(19)10-16(18)20/h3-6,9-10,17,21-22H,7-8,11H2,1-2H3/t17-/m0/s1. The monoisotopic (exact) mass is 417 g/mol. The SMILES string of the molecule is Cc1ccc([C@H](CNS(=O)(=O)c2cc(C)c(Cl)cc2Cl)OCCO)cc1. The Labute approximate surface area is 164 Å². The van der Waals surface area contributed by atoms with E-state index in [0.717, 1.165) is 11.1 Å². The van der Waals surface area contributed by atoms with E-state index < -0.39 is 16.1 Å². The van der Waals surface area contributed by atoms with Crippen LogP contribution in [-0.4, -0.2) is 33.3 Å². The molecule has 1 atom stereocenters. The normalized spacial score (nSPS) is 13.0. The minimum Gasteiger partial charge on any atom is -0.394 e. The lowest BCUT2D eigenvalue weighted by molar-refractivity contribution is 0.0309. The summed E-state index contributed by atoms with van der Waals surface area (Å²) in [6.45, 7) is 3.61. The van der Waals surface area contributed by atoms with Crippen LogP contribution in [0.15, 0.2) is 41.3 Å². The molecule has 2 N–H and O–H groups in total. The molecule has 0 bridgehead atoms. The Kier molecular flexibility index (Phi) is 7.46. The topological polar surface area (TPSA) is 75.6 Å². The fourth-order valence-corrected chi connectivity index (χ4v) is 4.21. The Morgan fingerprint density at radius 3 is 2.38 bits per heavy atom. The zero-order valence-corrected chi connectivity index (χ0v) is 16.8. The van der Waals surface area contributed by atoms with E-state index in [1.807, 2.05) is 31.2 Å². The number of halogens is 2. The van der Waals surface area contributed by atoms with Gasteiger partial charge in [0.1, 0.15) is 4.90 Å². The summed E-state index contributed by atoms with van der Waals surface area (Å²) in [6.07, 6.45) is -0.537. The van der Waals surface area contributed by atoms with Gasteiger partial charge in [0.25, 0.3) is 0 Å². The first kappa shape index (κ1) is 21.2. The number of hydrogen-bond acceptors (Lipinski definition) is 4. The summed E-state index contributed by atoms with van der Waals surface area (Å²) in [5.74, 6) is 0. The third-order valence-electron chi connectivity index (χ3n) is 3.82. The lowest BCUT2D eigenvalue weighted by Crippen LogP contribution is -2.30. The molecule has 0 aliphatic heterocycles. The average Bonchev–Trinajstić information content (AvgIpc) is 2.59. The zero-order chi connectivity index (χ0) is 19.3. The maximum atomic E-state index is 12.6. The van der Waals surface area contributed by atoms with Gasteiger partial charge in [-0.3, -0.25) is 0 Å². The molecule has 0 saturated carbocycles. The number of nitrogens with one attached hydrogen (secondary N) is 1. The number of ether oxygens (including phenoxy) is 1. The van der Waals surface area contributed by atoms with Crippen molar-refractivity contribution >= 4 is 33.2 Å². The molecule has 26 heavy (non-hydrogen) atoms. The molecule has 0 saturated heterocycles. The van der Waals surface area contributed by atoms with Crippen LogP contribution in [0.3, 0.4) is 0 Å². The zero-order valence-electron chi connectivity index (χ0n) is 14.5. The molecule has 2 aromatic rings. The van der Waals surface area contributed by atoms with Gasteiger partial charge in [0.2, 0.25) is 10.0 Å². The van der Waals surface area contributed by atoms with Crippen LogP contribution in [0.2, 0.25) is 10.0 Å². The number of sulfonamides is 1. The number of aliphatic hydroxyl groups is 1. The fourth-order valence-electron chi connectivity index (χ4n) is 2.35. The van der Waals surface area contributed by atoms with Crippen LogP contribution in [0.5, 0.6) is 0 Å². The molecule has 0 heterocycles. The first-order valence-corrected chi connectivity index (χ1v) is 10.2. The quantitative estimate of drug-likeness (QED) is 0.687. The summed E-state index contributed by atoms with van der Waals surface area (Å²) in [4.78, 5) is -0.0362. The lowest BCUT2D eigenvalue weighted by atomic mass is 10.1. The van der Waals surface area contributed by atoms with E-state index in [1.54, 1.807) is 6.92 Å². The van der Waals surface area contributed by atoms with Crippen molar-refractivity contribution in [2.45, 2.75) is 24.8 Å². The van der Waals surface area contributed by atoms with Crippen molar-refractivity contribution in [2.75, 3.05) is 19.8 Å². The predicted octanol–water partition coefficient (Wildman–Crippen LogP) is 3.64. The molecule has 142 valence electrons. The maximum Gasteiger partial charge on any atom is 0.242 e. The molecule has 0 aromatic heterocycles. The van der Waals surface area contributed by atoms with Gasteiger partial charge in [0.15, 0.2) is 0 Å². The van der Waals surface area contributed by atoms with Crippen molar-refractivity contribution < 1.29 is 18.3 Å². The number of aliphatic hydroxyl groups excluding tert-OH is 1. The van der Waals surface area contributed by atoms with Crippen molar-refractivity contribution in [3.05, 3.63) is 63.1 Å². The van der Waals surface area contributed by atoms with Crippen LogP contribution in [0.1, 0.15) is 22.8 Å². The van der Waals surface area contributed by atoms with Gasteiger partial charge < -0.3 is 9.84 Å². The van der Waals surface area contributed by atoms with Crippen molar-refractivity contribution in [3.63, 3.8) is 0 Å². The molecule has 8 heteroatoms. The number of benzene rings is 2. The summed E-state index contributed by atoms with van der Waals surface area (Å²) < 4.78 is 33.4. The number of rotatable bonds is 8. The van der Waals surface area contributed by atoms with Gasteiger partial charge in [0, 0.05) is 11.6 Å². The van der Waals surface area contributed by atoms with Crippen LogP contribution < -0.4 is 4.72 Å². The van der Waals surface area contributed by atoms with E-state index in [-0.39, 0.29) is 29.7 Å². The molecule has 0 spiro atoms. The van der Waals surface area contributed by atoms with E-state index >= 15 is 0 Å². The third kappa shape index (κ3) is 5.42.